The maximum absolute atomic E-state index is 13.1. The molecule has 134 valence electrons. The molecule has 26 heavy (non-hydrogen) atoms. The second-order valence-electron chi connectivity index (χ2n) is 6.99. The molecule has 4 rings (SSSR count). The van der Waals surface area contributed by atoms with Gasteiger partial charge in [-0.15, -0.1) is 0 Å². The molecule has 0 spiro atoms. The number of morpholine rings is 1. The van der Waals surface area contributed by atoms with Gasteiger partial charge in [0.15, 0.2) is 5.43 Å². The predicted molar refractivity (Wildman–Crippen MR) is 102 cm³/mol. The smallest absolute Gasteiger partial charge is 0.242 e. The molecule has 3 aromatic rings. The highest BCUT2D eigenvalue weighted by atomic mass is 16.5. The Morgan fingerprint density at radius 1 is 1.04 bits per heavy atom. The van der Waals surface area contributed by atoms with Crippen molar-refractivity contribution >= 4 is 27.7 Å². The van der Waals surface area contributed by atoms with Crippen LogP contribution < -0.4 is 5.43 Å². The van der Waals surface area contributed by atoms with Gasteiger partial charge in [0.1, 0.15) is 6.54 Å². The van der Waals surface area contributed by atoms with Crippen molar-refractivity contribution in [2.24, 2.45) is 0 Å². The lowest BCUT2D eigenvalue weighted by atomic mass is 10.1. The molecule has 1 saturated heterocycles. The van der Waals surface area contributed by atoms with Crippen LogP contribution in [0.25, 0.3) is 21.8 Å². The van der Waals surface area contributed by atoms with E-state index in [4.69, 9.17) is 4.74 Å². The van der Waals surface area contributed by atoms with Crippen LogP contribution in [0.15, 0.2) is 53.3 Å². The number of carbonyl (C=O) groups is 1. The normalized spacial score (nSPS) is 20.6. The van der Waals surface area contributed by atoms with Gasteiger partial charge in [0.05, 0.1) is 29.8 Å². The van der Waals surface area contributed by atoms with E-state index in [1.54, 1.807) is 0 Å². The van der Waals surface area contributed by atoms with Gasteiger partial charge in [-0.2, -0.15) is 0 Å². The van der Waals surface area contributed by atoms with Crippen molar-refractivity contribution in [3.05, 3.63) is 58.8 Å². The quantitative estimate of drug-likeness (QED) is 0.668. The Bertz CT molecular complexity index is 980. The molecule has 0 aliphatic carbocycles. The second kappa shape index (κ2) is 6.57. The third kappa shape index (κ3) is 2.78. The molecule has 5 heteroatoms. The SMILES string of the molecule is CC1CN(C(=O)Cn2c3ccccc3c(=O)c3ccccc32)C(C)CO1. The summed E-state index contributed by atoms with van der Waals surface area (Å²) in [7, 11) is 0. The summed E-state index contributed by atoms with van der Waals surface area (Å²) in [6.45, 7) is 5.34. The zero-order valence-electron chi connectivity index (χ0n) is 15.0. The number of carbonyl (C=O) groups excluding carboxylic acids is 1. The van der Waals surface area contributed by atoms with Crippen LogP contribution in [0.2, 0.25) is 0 Å². The average Bonchev–Trinajstić information content (AvgIpc) is 2.67. The third-order valence-electron chi connectivity index (χ3n) is 5.10. The van der Waals surface area contributed by atoms with E-state index < -0.39 is 0 Å². The molecule has 2 heterocycles. The molecule has 1 amide bonds. The van der Waals surface area contributed by atoms with Gasteiger partial charge in [0, 0.05) is 17.3 Å². The van der Waals surface area contributed by atoms with E-state index in [9.17, 15) is 9.59 Å². The highest BCUT2D eigenvalue weighted by Crippen LogP contribution is 2.20. The van der Waals surface area contributed by atoms with Crippen molar-refractivity contribution < 1.29 is 9.53 Å². The average molecular weight is 350 g/mol. The van der Waals surface area contributed by atoms with Crippen LogP contribution in [0, 0.1) is 0 Å². The lowest BCUT2D eigenvalue weighted by Crippen LogP contribution is -2.51. The first-order valence-electron chi connectivity index (χ1n) is 8.97. The van der Waals surface area contributed by atoms with Gasteiger partial charge in [-0.05, 0) is 38.1 Å². The largest absolute Gasteiger partial charge is 0.375 e. The molecule has 1 aliphatic rings. The fourth-order valence-electron chi connectivity index (χ4n) is 3.72. The Labute approximate surface area is 151 Å². The molecule has 1 aromatic heterocycles. The molecule has 0 bridgehead atoms. The molecule has 2 aromatic carbocycles. The van der Waals surface area contributed by atoms with Gasteiger partial charge in [-0.1, -0.05) is 24.3 Å². The van der Waals surface area contributed by atoms with Gasteiger partial charge in [0.2, 0.25) is 5.91 Å². The minimum Gasteiger partial charge on any atom is -0.375 e. The Balaban J connectivity index is 1.83. The minimum absolute atomic E-state index is 0.00765. The number of para-hydroxylation sites is 2. The van der Waals surface area contributed by atoms with Crippen molar-refractivity contribution in [2.75, 3.05) is 13.2 Å². The number of pyridine rings is 1. The maximum Gasteiger partial charge on any atom is 0.242 e. The lowest BCUT2D eigenvalue weighted by Gasteiger charge is -2.37. The molecule has 0 radical (unpaired) electrons. The van der Waals surface area contributed by atoms with E-state index in [1.807, 2.05) is 71.8 Å². The molecular weight excluding hydrogens is 328 g/mol. The predicted octanol–water partition coefficient (Wildman–Crippen LogP) is 2.79. The summed E-state index contributed by atoms with van der Waals surface area (Å²) in [4.78, 5) is 27.7. The molecule has 1 fully saturated rings. The van der Waals surface area contributed by atoms with Crippen LogP contribution in [0.5, 0.6) is 0 Å². The molecule has 2 unspecified atom stereocenters. The molecular formula is C21H22N2O3. The lowest BCUT2D eigenvalue weighted by molar-refractivity contribution is -0.143. The molecule has 1 aliphatic heterocycles. The summed E-state index contributed by atoms with van der Waals surface area (Å²) in [6.07, 6.45) is 0.0395. The standard InChI is InChI=1S/C21H22N2O3/c1-14-13-26-15(2)11-22(14)20(24)12-23-18-9-5-3-7-16(18)21(25)17-8-4-6-10-19(17)23/h3-10,14-15H,11-13H2,1-2H3. The van der Waals surface area contributed by atoms with Gasteiger partial charge in [0.25, 0.3) is 0 Å². The first-order chi connectivity index (χ1) is 12.6. The number of amides is 1. The maximum atomic E-state index is 13.1. The van der Waals surface area contributed by atoms with Gasteiger partial charge in [-0.3, -0.25) is 9.59 Å². The number of aromatic nitrogens is 1. The van der Waals surface area contributed by atoms with Gasteiger partial charge < -0.3 is 14.2 Å². The second-order valence-corrected chi connectivity index (χ2v) is 6.99. The zero-order valence-corrected chi connectivity index (χ0v) is 15.0. The van der Waals surface area contributed by atoms with E-state index in [1.165, 1.54) is 0 Å². The molecule has 0 N–H and O–H groups in total. The number of nitrogens with zero attached hydrogens (tertiary/aromatic N) is 2. The monoisotopic (exact) mass is 350 g/mol. The van der Waals surface area contributed by atoms with Crippen LogP contribution in [0.3, 0.4) is 0 Å². The molecule has 0 saturated carbocycles. The van der Waals surface area contributed by atoms with E-state index in [0.29, 0.717) is 23.9 Å². The van der Waals surface area contributed by atoms with Crippen LogP contribution >= 0.6 is 0 Å². The van der Waals surface area contributed by atoms with Crippen LogP contribution in [-0.2, 0) is 16.1 Å². The molecule has 5 nitrogen and oxygen atoms in total. The zero-order chi connectivity index (χ0) is 18.3. The van der Waals surface area contributed by atoms with Crippen LogP contribution in [0.1, 0.15) is 13.8 Å². The third-order valence-corrected chi connectivity index (χ3v) is 5.10. The fourth-order valence-corrected chi connectivity index (χ4v) is 3.72. The Hall–Kier alpha value is -2.66. The summed E-state index contributed by atoms with van der Waals surface area (Å²) in [5, 5.41) is 1.28. The number of fused-ring (bicyclic) bond motifs is 2. The van der Waals surface area contributed by atoms with E-state index in [2.05, 4.69) is 0 Å². The Morgan fingerprint density at radius 2 is 1.62 bits per heavy atom. The van der Waals surface area contributed by atoms with Crippen molar-refractivity contribution in [3.63, 3.8) is 0 Å². The van der Waals surface area contributed by atoms with Gasteiger partial charge in [-0.25, -0.2) is 0 Å². The van der Waals surface area contributed by atoms with Crippen LogP contribution in [-0.4, -0.2) is 40.7 Å². The first kappa shape index (κ1) is 16.8. The number of ether oxygens (including phenoxy) is 1. The van der Waals surface area contributed by atoms with E-state index in [-0.39, 0.29) is 30.0 Å². The van der Waals surface area contributed by atoms with E-state index >= 15 is 0 Å². The van der Waals surface area contributed by atoms with Crippen LogP contribution in [0.4, 0.5) is 0 Å². The summed E-state index contributed by atoms with van der Waals surface area (Å²) < 4.78 is 7.59. The number of hydrogen-bond donors (Lipinski definition) is 0. The number of benzene rings is 2. The highest BCUT2D eigenvalue weighted by Gasteiger charge is 2.28. The van der Waals surface area contributed by atoms with Crippen molar-refractivity contribution in [1.29, 1.82) is 0 Å². The summed E-state index contributed by atoms with van der Waals surface area (Å²) in [5.74, 6) is 0.0478. The van der Waals surface area contributed by atoms with Gasteiger partial charge >= 0.3 is 0 Å². The Kier molecular flexibility index (Phi) is 4.24. The molecule has 2 atom stereocenters. The summed E-state index contributed by atoms with van der Waals surface area (Å²) >= 11 is 0. The number of hydrogen-bond acceptors (Lipinski definition) is 3. The number of rotatable bonds is 2. The highest BCUT2D eigenvalue weighted by molar-refractivity contribution is 5.94. The van der Waals surface area contributed by atoms with E-state index in [0.717, 1.165) is 11.0 Å². The Morgan fingerprint density at radius 3 is 2.23 bits per heavy atom. The topological polar surface area (TPSA) is 51.5 Å². The summed E-state index contributed by atoms with van der Waals surface area (Å²) in [5.41, 5.74) is 1.59. The van der Waals surface area contributed by atoms with Crippen molar-refractivity contribution in [1.82, 2.24) is 9.47 Å². The summed E-state index contributed by atoms with van der Waals surface area (Å²) in [6, 6.07) is 15.0. The minimum atomic E-state index is 0.00765. The van der Waals surface area contributed by atoms with Crippen molar-refractivity contribution in [2.45, 2.75) is 32.5 Å². The van der Waals surface area contributed by atoms with Crippen molar-refractivity contribution in [3.8, 4) is 0 Å². The fraction of sp³-hybridized carbons (Fsp3) is 0.333. The first-order valence-corrected chi connectivity index (χ1v) is 8.97.